The van der Waals surface area contributed by atoms with E-state index in [1.807, 2.05) is 0 Å². The van der Waals surface area contributed by atoms with Crippen molar-refractivity contribution in [3.8, 4) is 33.6 Å². The Bertz CT molecular complexity index is 1750. The molecule has 2 aromatic heterocycles. The van der Waals surface area contributed by atoms with Crippen molar-refractivity contribution in [3.63, 3.8) is 0 Å². The molecule has 3 aromatic carbocycles. The smallest absolute Gasteiger partial charge is 0.192 e. The summed E-state index contributed by atoms with van der Waals surface area (Å²) in [5.41, 5.74) is 13.0. The zero-order valence-electron chi connectivity index (χ0n) is 27.0. The molecule has 0 amide bonds. The second-order valence-electron chi connectivity index (χ2n) is 12.6. The highest BCUT2D eigenvalue weighted by molar-refractivity contribution is 5.70. The maximum atomic E-state index is 4.52. The van der Waals surface area contributed by atoms with Gasteiger partial charge in [-0.25, -0.2) is 0 Å². The highest BCUT2D eigenvalue weighted by atomic mass is 15.1. The fourth-order valence-electron chi connectivity index (χ4n) is 7.73. The predicted octanol–water partition coefficient (Wildman–Crippen LogP) is 9.80. The van der Waals surface area contributed by atoms with Gasteiger partial charge in [-0.3, -0.25) is 0 Å². The van der Waals surface area contributed by atoms with Crippen molar-refractivity contribution < 1.29 is 9.13 Å². The van der Waals surface area contributed by atoms with E-state index in [0.29, 0.717) is 5.92 Å². The quantitative estimate of drug-likeness (QED) is 0.115. The van der Waals surface area contributed by atoms with Gasteiger partial charge in [-0.05, 0) is 60.7 Å². The van der Waals surface area contributed by atoms with Crippen LogP contribution in [0.5, 0.6) is 0 Å². The first-order chi connectivity index (χ1) is 21.5. The molecule has 1 aliphatic rings. The second kappa shape index (κ2) is 12.8. The molecule has 0 fully saturated rings. The van der Waals surface area contributed by atoms with Crippen molar-refractivity contribution in [2.45, 2.75) is 84.2 Å². The van der Waals surface area contributed by atoms with Gasteiger partial charge in [-0.15, -0.1) is 0 Å². The number of hydrogen-bond acceptors (Lipinski definition) is 0. The molecule has 1 unspecified atom stereocenters. The van der Waals surface area contributed by atoms with Gasteiger partial charge in [0, 0.05) is 49.4 Å². The van der Waals surface area contributed by atoms with Crippen LogP contribution in [0.25, 0.3) is 33.6 Å². The van der Waals surface area contributed by atoms with Crippen LogP contribution in [0.2, 0.25) is 0 Å². The Morgan fingerprint density at radius 3 is 2.18 bits per heavy atom. The zero-order valence-corrected chi connectivity index (χ0v) is 27.0. The minimum Gasteiger partial charge on any atom is -0.192 e. The molecule has 2 nitrogen and oxygen atoms in total. The summed E-state index contributed by atoms with van der Waals surface area (Å²) in [5.74, 6) is 0.393. The number of unbranched alkanes of at least 4 members (excludes halogenated alkanes) is 1. The zero-order chi connectivity index (χ0) is 30.7. The van der Waals surface area contributed by atoms with Crippen LogP contribution in [0, 0.1) is 13.8 Å². The van der Waals surface area contributed by atoms with Crippen molar-refractivity contribution in [1.82, 2.24) is 0 Å². The molecule has 0 spiro atoms. The van der Waals surface area contributed by atoms with Gasteiger partial charge in [0.15, 0.2) is 23.8 Å². The van der Waals surface area contributed by atoms with Gasteiger partial charge in [0.25, 0.3) is 5.69 Å². The topological polar surface area (TPSA) is 7.76 Å². The second-order valence-corrected chi connectivity index (χ2v) is 12.6. The largest absolute Gasteiger partial charge is 0.269 e. The van der Waals surface area contributed by atoms with E-state index in [4.69, 9.17) is 0 Å². The van der Waals surface area contributed by atoms with E-state index in [1.165, 1.54) is 63.2 Å². The van der Waals surface area contributed by atoms with Crippen LogP contribution in [0.1, 0.15) is 81.0 Å². The summed E-state index contributed by atoms with van der Waals surface area (Å²) in [6.45, 7) is 14.7. The Hall–Kier alpha value is -4.17. The van der Waals surface area contributed by atoms with Crippen LogP contribution in [-0.4, -0.2) is 0 Å². The molecule has 222 valence electrons. The fourth-order valence-corrected chi connectivity index (χ4v) is 7.73. The number of rotatable bonds is 10. The summed E-state index contributed by atoms with van der Waals surface area (Å²) in [6, 6.07) is 35.8. The van der Waals surface area contributed by atoms with Crippen LogP contribution < -0.4 is 9.13 Å². The summed E-state index contributed by atoms with van der Waals surface area (Å²) in [5, 5.41) is 0. The third-order valence-corrected chi connectivity index (χ3v) is 10.2. The van der Waals surface area contributed by atoms with Crippen LogP contribution in [0.15, 0.2) is 109 Å². The van der Waals surface area contributed by atoms with E-state index < -0.39 is 0 Å². The number of aryl methyl sites for hydroxylation is 3. The number of aromatic nitrogens is 2. The molecule has 1 atom stereocenters. The Balaban J connectivity index is 1.46. The summed E-state index contributed by atoms with van der Waals surface area (Å²) in [4.78, 5) is 0. The molecule has 0 bridgehead atoms. The third-order valence-electron chi connectivity index (χ3n) is 10.2. The molecule has 0 saturated heterocycles. The van der Waals surface area contributed by atoms with Crippen molar-refractivity contribution in [2.75, 3.05) is 0 Å². The number of pyridine rings is 2. The van der Waals surface area contributed by atoms with Gasteiger partial charge < -0.3 is 0 Å². The average molecular weight is 580 g/mol. The SMILES string of the molecule is [CH2+]c1cc(-c2ccccc2C)[n+](CCC2c3ccccc3-c3cc(CCCC)cc[n+]3C2(CC)CC)cc1-c1ccccc1. The fraction of sp³-hybridized carbons (Fsp3) is 0.310. The molecule has 0 N–H and O–H groups in total. The minimum absolute atomic E-state index is 0.0187. The molecule has 0 aliphatic carbocycles. The standard InChI is InChI=1S/C42H47N2/c1-6-9-18-33-24-27-44-41(29-33)37-23-16-15-22-36(37)39(42(44,7-2)8-3)25-26-43-30-38(34-19-11-10-12-20-34)32(5)28-40(43)35-21-14-13-17-31(35)4/h10-17,19-24,27-30,39H,5-9,18,25-26H2,1-4H3/q+3. The average Bonchev–Trinajstić information content (AvgIpc) is 3.07. The lowest BCUT2D eigenvalue weighted by molar-refractivity contribution is -0.765. The van der Waals surface area contributed by atoms with Gasteiger partial charge in [0.05, 0.1) is 11.5 Å². The summed E-state index contributed by atoms with van der Waals surface area (Å²) in [7, 11) is 0. The highest BCUT2D eigenvalue weighted by Crippen LogP contribution is 2.47. The maximum absolute atomic E-state index is 4.52. The van der Waals surface area contributed by atoms with E-state index in [1.54, 1.807) is 0 Å². The van der Waals surface area contributed by atoms with Crippen LogP contribution in [-0.2, 0) is 18.5 Å². The maximum Gasteiger partial charge on any atom is 0.269 e. The molecule has 2 heteroatoms. The normalized spacial score (nSPS) is 15.0. The van der Waals surface area contributed by atoms with Crippen molar-refractivity contribution in [3.05, 3.63) is 139 Å². The molecule has 6 rings (SSSR count). The highest BCUT2D eigenvalue weighted by Gasteiger charge is 2.51. The molecular weight excluding hydrogens is 532 g/mol. The van der Waals surface area contributed by atoms with Gasteiger partial charge in [-0.2, -0.15) is 9.13 Å². The van der Waals surface area contributed by atoms with E-state index in [0.717, 1.165) is 37.8 Å². The number of fused-ring (bicyclic) bond motifs is 3. The van der Waals surface area contributed by atoms with Gasteiger partial charge in [0.2, 0.25) is 11.9 Å². The van der Waals surface area contributed by atoms with Gasteiger partial charge in [-0.1, -0.05) is 81.8 Å². The summed E-state index contributed by atoms with van der Waals surface area (Å²) in [6.07, 6.45) is 11.6. The Kier molecular flexibility index (Phi) is 8.71. The van der Waals surface area contributed by atoms with E-state index in [9.17, 15) is 0 Å². The molecule has 1 aliphatic heterocycles. The van der Waals surface area contributed by atoms with Gasteiger partial charge >= 0.3 is 0 Å². The molecule has 5 aromatic rings. The first-order valence-electron chi connectivity index (χ1n) is 16.7. The van der Waals surface area contributed by atoms with Crippen molar-refractivity contribution in [2.24, 2.45) is 0 Å². The van der Waals surface area contributed by atoms with E-state index in [2.05, 4.69) is 153 Å². The van der Waals surface area contributed by atoms with Gasteiger partial charge in [0.1, 0.15) is 11.6 Å². The Morgan fingerprint density at radius 1 is 0.750 bits per heavy atom. The monoisotopic (exact) mass is 579 g/mol. The Morgan fingerprint density at radius 2 is 1.45 bits per heavy atom. The molecule has 0 radical (unpaired) electrons. The van der Waals surface area contributed by atoms with E-state index >= 15 is 0 Å². The first kappa shape index (κ1) is 29.9. The number of nitrogens with zero attached hydrogens (tertiary/aromatic N) is 2. The molecule has 3 heterocycles. The van der Waals surface area contributed by atoms with Crippen LogP contribution in [0.3, 0.4) is 0 Å². The molecule has 44 heavy (non-hydrogen) atoms. The lowest BCUT2D eigenvalue weighted by Crippen LogP contribution is -2.62. The van der Waals surface area contributed by atoms with Crippen molar-refractivity contribution >= 4 is 0 Å². The lowest BCUT2D eigenvalue weighted by Gasteiger charge is -2.40. The molecule has 0 saturated carbocycles. The molecular formula is C42H47N2+3. The van der Waals surface area contributed by atoms with Crippen LogP contribution in [0.4, 0.5) is 0 Å². The van der Waals surface area contributed by atoms with Crippen molar-refractivity contribution in [1.29, 1.82) is 0 Å². The first-order valence-corrected chi connectivity index (χ1v) is 16.7. The number of benzene rings is 3. The number of hydrogen-bond donors (Lipinski definition) is 0. The van der Waals surface area contributed by atoms with E-state index in [-0.39, 0.29) is 5.54 Å². The Labute approximate surface area is 265 Å². The van der Waals surface area contributed by atoms with Crippen LogP contribution >= 0.6 is 0 Å². The summed E-state index contributed by atoms with van der Waals surface area (Å²) >= 11 is 0. The summed E-state index contributed by atoms with van der Waals surface area (Å²) < 4.78 is 5.16. The predicted molar refractivity (Wildman–Crippen MR) is 183 cm³/mol. The lowest BCUT2D eigenvalue weighted by atomic mass is 9.69. The third kappa shape index (κ3) is 5.36. The minimum atomic E-state index is 0.0187.